The van der Waals surface area contributed by atoms with Crippen LogP contribution in [0.25, 0.3) is 33.7 Å². The zero-order valence-corrected chi connectivity index (χ0v) is 27.6. The number of hydrogen-bond acceptors (Lipinski definition) is 7. The molecule has 0 fully saturated rings. The molecule has 1 aromatic carbocycles. The van der Waals surface area contributed by atoms with Crippen molar-refractivity contribution < 1.29 is 9.53 Å². The summed E-state index contributed by atoms with van der Waals surface area (Å²) in [7, 11) is -1.23. The standard InChI is InChI=1S/C34H41N7O3Si/c1-6-41-32(35)30(34-38-23(2)21-40(34)22-44-17-18-45(3,4)5)31(43)27-11-12-28(39-33(27)41)26-9-7-24(8-10-26)19-29(42)37-20-25-13-15-36-16-14-25/h7-16,21H,6,17-20,22,35H2,1-5H3,(H,37,42). The first-order valence-corrected chi connectivity index (χ1v) is 18.9. The highest BCUT2D eigenvalue weighted by atomic mass is 28.3. The van der Waals surface area contributed by atoms with Crippen molar-refractivity contribution in [3.63, 3.8) is 0 Å². The predicted octanol–water partition coefficient (Wildman–Crippen LogP) is 5.40. The molecule has 0 aliphatic heterocycles. The summed E-state index contributed by atoms with van der Waals surface area (Å²) in [5.74, 6) is 0.758. The molecule has 0 aliphatic carbocycles. The van der Waals surface area contributed by atoms with Crippen molar-refractivity contribution in [2.45, 2.75) is 65.8 Å². The molecule has 0 atom stereocenters. The smallest absolute Gasteiger partial charge is 0.224 e. The molecule has 0 saturated heterocycles. The van der Waals surface area contributed by atoms with E-state index in [9.17, 15) is 9.59 Å². The van der Waals surface area contributed by atoms with E-state index >= 15 is 0 Å². The zero-order chi connectivity index (χ0) is 32.1. The third-order valence-electron chi connectivity index (χ3n) is 7.67. The second-order valence-electron chi connectivity index (χ2n) is 12.4. The van der Waals surface area contributed by atoms with Gasteiger partial charge in [0.1, 0.15) is 29.6 Å². The number of ether oxygens (including phenoxy) is 1. The summed E-state index contributed by atoms with van der Waals surface area (Å²) in [6.45, 7) is 12.7. The maximum atomic E-state index is 13.9. The van der Waals surface area contributed by atoms with Gasteiger partial charge in [-0.15, -0.1) is 0 Å². The highest BCUT2D eigenvalue weighted by Gasteiger charge is 2.22. The number of amides is 1. The topological polar surface area (TPSA) is 130 Å². The van der Waals surface area contributed by atoms with E-state index in [0.29, 0.717) is 60.4 Å². The van der Waals surface area contributed by atoms with E-state index in [1.165, 1.54) is 0 Å². The van der Waals surface area contributed by atoms with Gasteiger partial charge in [-0.25, -0.2) is 9.97 Å². The first-order valence-electron chi connectivity index (χ1n) is 15.2. The van der Waals surface area contributed by atoms with Gasteiger partial charge in [0.15, 0.2) is 0 Å². The van der Waals surface area contributed by atoms with Gasteiger partial charge >= 0.3 is 0 Å². The molecule has 10 nitrogen and oxygen atoms in total. The first kappa shape index (κ1) is 31.8. The average molecular weight is 624 g/mol. The lowest BCUT2D eigenvalue weighted by Gasteiger charge is -2.18. The number of carbonyl (C=O) groups is 1. The Morgan fingerprint density at radius 2 is 1.73 bits per heavy atom. The summed E-state index contributed by atoms with van der Waals surface area (Å²) in [6.07, 6.45) is 5.57. The van der Waals surface area contributed by atoms with Gasteiger partial charge in [0.25, 0.3) is 0 Å². The van der Waals surface area contributed by atoms with Crippen LogP contribution in [0.5, 0.6) is 0 Å². The Morgan fingerprint density at radius 1 is 1.00 bits per heavy atom. The molecule has 4 heterocycles. The fourth-order valence-corrected chi connectivity index (χ4v) is 5.91. The monoisotopic (exact) mass is 623 g/mol. The van der Waals surface area contributed by atoms with Crippen molar-refractivity contribution >= 4 is 30.8 Å². The Labute approximate surface area is 264 Å². The number of benzene rings is 1. The van der Waals surface area contributed by atoms with Gasteiger partial charge in [-0.1, -0.05) is 43.9 Å². The van der Waals surface area contributed by atoms with E-state index in [2.05, 4.69) is 34.9 Å². The quantitative estimate of drug-likeness (QED) is 0.141. The number of fused-ring (bicyclic) bond motifs is 1. The molecule has 5 rings (SSSR count). The van der Waals surface area contributed by atoms with Crippen LogP contribution in [0.3, 0.4) is 0 Å². The molecular weight excluding hydrogens is 583 g/mol. The zero-order valence-electron chi connectivity index (χ0n) is 26.6. The number of nitrogens with two attached hydrogens (primary N) is 1. The molecule has 1 amide bonds. The van der Waals surface area contributed by atoms with Crippen LogP contribution < -0.4 is 16.5 Å². The first-order chi connectivity index (χ1) is 21.5. The summed E-state index contributed by atoms with van der Waals surface area (Å²) >= 11 is 0. The SMILES string of the molecule is CCn1c(N)c(-c2nc(C)cn2COCC[Si](C)(C)C)c(=O)c2ccc(-c3ccc(CC(=O)NCc4ccncc4)cc3)nc21. The highest BCUT2D eigenvalue weighted by molar-refractivity contribution is 6.76. The van der Waals surface area contributed by atoms with E-state index in [1.807, 2.05) is 71.6 Å². The molecule has 4 aromatic heterocycles. The summed E-state index contributed by atoms with van der Waals surface area (Å²) in [5, 5.41) is 3.41. The van der Waals surface area contributed by atoms with Crippen molar-refractivity contribution in [3.05, 3.63) is 94.2 Å². The molecule has 0 radical (unpaired) electrons. The number of rotatable bonds is 12. The van der Waals surface area contributed by atoms with Gasteiger partial charge in [0.2, 0.25) is 11.3 Å². The van der Waals surface area contributed by atoms with Crippen molar-refractivity contribution in [2.24, 2.45) is 0 Å². The summed E-state index contributed by atoms with van der Waals surface area (Å²) in [6, 6.07) is 16.2. The number of pyridine rings is 3. The van der Waals surface area contributed by atoms with Crippen LogP contribution in [0.15, 0.2) is 71.9 Å². The lowest BCUT2D eigenvalue weighted by Crippen LogP contribution is -2.24. The van der Waals surface area contributed by atoms with Gasteiger partial charge in [-0.3, -0.25) is 14.6 Å². The molecule has 0 bridgehead atoms. The molecule has 5 aromatic rings. The second kappa shape index (κ2) is 13.6. The number of carbonyl (C=O) groups excluding carboxylic acids is 1. The molecule has 3 N–H and O–H groups in total. The molecule has 0 saturated carbocycles. The van der Waals surface area contributed by atoms with Crippen LogP contribution in [-0.2, 0) is 35.8 Å². The highest BCUT2D eigenvalue weighted by Crippen LogP contribution is 2.28. The lowest BCUT2D eigenvalue weighted by atomic mass is 10.1. The Hall–Kier alpha value is -4.61. The van der Waals surface area contributed by atoms with Crippen LogP contribution in [0.4, 0.5) is 5.82 Å². The summed E-state index contributed by atoms with van der Waals surface area (Å²) in [5.41, 5.74) is 11.6. The Bertz CT molecular complexity index is 1860. The minimum Gasteiger partial charge on any atom is -0.384 e. The molecule has 45 heavy (non-hydrogen) atoms. The van der Waals surface area contributed by atoms with E-state index in [4.69, 9.17) is 15.5 Å². The number of aryl methyl sites for hydroxylation is 2. The summed E-state index contributed by atoms with van der Waals surface area (Å²) < 4.78 is 9.71. The van der Waals surface area contributed by atoms with Crippen molar-refractivity contribution in [3.8, 4) is 22.6 Å². The Kier molecular flexibility index (Phi) is 9.59. The number of anilines is 1. The van der Waals surface area contributed by atoms with E-state index in [0.717, 1.165) is 28.4 Å². The number of imidazole rings is 1. The number of hydrogen-bond donors (Lipinski definition) is 2. The second-order valence-corrected chi connectivity index (χ2v) is 18.1. The van der Waals surface area contributed by atoms with Crippen LogP contribution in [0, 0.1) is 6.92 Å². The van der Waals surface area contributed by atoms with Crippen LogP contribution >= 0.6 is 0 Å². The largest absolute Gasteiger partial charge is 0.384 e. The Morgan fingerprint density at radius 3 is 2.42 bits per heavy atom. The number of nitrogen functional groups attached to an aromatic ring is 1. The van der Waals surface area contributed by atoms with Gasteiger partial charge in [-0.2, -0.15) is 0 Å². The molecule has 234 valence electrons. The van der Waals surface area contributed by atoms with Crippen LogP contribution in [-0.4, -0.2) is 44.7 Å². The van der Waals surface area contributed by atoms with Crippen molar-refractivity contribution in [2.75, 3.05) is 12.3 Å². The molecular formula is C34H41N7O3Si. The summed E-state index contributed by atoms with van der Waals surface area (Å²) in [4.78, 5) is 40.0. The van der Waals surface area contributed by atoms with Crippen LogP contribution in [0.1, 0.15) is 23.7 Å². The number of nitrogens with zero attached hydrogens (tertiary/aromatic N) is 5. The molecule has 0 spiro atoms. The fourth-order valence-electron chi connectivity index (χ4n) is 5.16. The molecule has 0 aliphatic rings. The third-order valence-corrected chi connectivity index (χ3v) is 9.37. The number of aromatic nitrogens is 5. The van der Waals surface area contributed by atoms with E-state index in [-0.39, 0.29) is 17.8 Å². The minimum atomic E-state index is -1.23. The average Bonchev–Trinajstić information content (AvgIpc) is 3.38. The lowest BCUT2D eigenvalue weighted by molar-refractivity contribution is -0.120. The molecule has 0 unspecified atom stereocenters. The Balaban J connectivity index is 1.38. The fraction of sp³-hybridized carbons (Fsp3) is 0.324. The van der Waals surface area contributed by atoms with Gasteiger partial charge in [0, 0.05) is 51.9 Å². The van der Waals surface area contributed by atoms with Crippen molar-refractivity contribution in [1.29, 1.82) is 0 Å². The minimum absolute atomic E-state index is 0.0596. The predicted molar refractivity (Wildman–Crippen MR) is 181 cm³/mol. The maximum Gasteiger partial charge on any atom is 0.224 e. The van der Waals surface area contributed by atoms with Crippen molar-refractivity contribution in [1.82, 2.24) is 29.4 Å². The van der Waals surface area contributed by atoms with E-state index in [1.54, 1.807) is 18.5 Å². The normalized spacial score (nSPS) is 11.7. The number of nitrogens with one attached hydrogen (secondary N) is 1. The third kappa shape index (κ3) is 7.55. The van der Waals surface area contributed by atoms with E-state index < -0.39 is 8.07 Å². The van der Waals surface area contributed by atoms with Gasteiger partial charge in [-0.05, 0) is 55.3 Å². The van der Waals surface area contributed by atoms with Gasteiger partial charge in [0.05, 0.1) is 23.2 Å². The van der Waals surface area contributed by atoms with Crippen LogP contribution in [0.2, 0.25) is 25.7 Å². The molecule has 11 heteroatoms. The maximum absolute atomic E-state index is 13.9. The van der Waals surface area contributed by atoms with Gasteiger partial charge < -0.3 is 24.9 Å².